The van der Waals surface area contributed by atoms with Gasteiger partial charge in [-0.15, -0.1) is 0 Å². The predicted molar refractivity (Wildman–Crippen MR) is 100 cm³/mol. The summed E-state index contributed by atoms with van der Waals surface area (Å²) in [5, 5.41) is 9.80. The summed E-state index contributed by atoms with van der Waals surface area (Å²) in [5.74, 6) is 1.03. The van der Waals surface area contributed by atoms with Gasteiger partial charge in [-0.3, -0.25) is 9.38 Å². The van der Waals surface area contributed by atoms with Gasteiger partial charge in [-0.1, -0.05) is 12.1 Å². The first kappa shape index (κ1) is 15.9. The van der Waals surface area contributed by atoms with Crippen LogP contribution in [0.2, 0.25) is 0 Å². The Balaban J connectivity index is 1.82. The molecule has 6 nitrogen and oxygen atoms in total. The van der Waals surface area contributed by atoms with Crippen LogP contribution in [0.1, 0.15) is 12.8 Å². The minimum atomic E-state index is -0.192. The largest absolute Gasteiger partial charge is 0.393 e. The van der Waals surface area contributed by atoms with Crippen LogP contribution in [0.4, 0.5) is 11.5 Å². The van der Waals surface area contributed by atoms with Gasteiger partial charge >= 0.3 is 0 Å². The Kier molecular flexibility index (Phi) is 4.05. The molecule has 6 heteroatoms. The highest BCUT2D eigenvalue weighted by Gasteiger charge is 2.21. The van der Waals surface area contributed by atoms with Gasteiger partial charge in [-0.2, -0.15) is 0 Å². The van der Waals surface area contributed by atoms with E-state index in [9.17, 15) is 5.11 Å². The molecule has 4 rings (SSSR count). The quantitative estimate of drug-likeness (QED) is 0.795. The highest BCUT2D eigenvalue weighted by molar-refractivity contribution is 5.70. The molecule has 0 saturated carbocycles. The Bertz CT molecular complexity index is 880. The molecule has 1 aliphatic rings. The Morgan fingerprint density at radius 1 is 1.12 bits per heavy atom. The maximum absolute atomic E-state index is 9.80. The van der Waals surface area contributed by atoms with Crippen LogP contribution >= 0.6 is 0 Å². The molecule has 0 radical (unpaired) electrons. The molecule has 25 heavy (non-hydrogen) atoms. The first-order valence-corrected chi connectivity index (χ1v) is 8.66. The normalized spacial score (nSPS) is 15.7. The molecule has 0 bridgehead atoms. The number of nitrogens with zero attached hydrogens (tertiary/aromatic N) is 5. The van der Waals surface area contributed by atoms with Gasteiger partial charge in [0.15, 0.2) is 5.65 Å². The van der Waals surface area contributed by atoms with Gasteiger partial charge in [0, 0.05) is 38.4 Å². The number of hydrogen-bond donors (Lipinski definition) is 1. The van der Waals surface area contributed by atoms with E-state index >= 15 is 0 Å². The molecule has 0 spiro atoms. The molecular weight excluding hydrogens is 314 g/mol. The minimum Gasteiger partial charge on any atom is -0.393 e. The number of benzene rings is 1. The predicted octanol–water partition coefficient (Wildman–Crippen LogP) is 2.42. The molecule has 1 saturated heterocycles. The Morgan fingerprint density at radius 3 is 2.68 bits per heavy atom. The van der Waals surface area contributed by atoms with Crippen molar-refractivity contribution in [3.63, 3.8) is 0 Å². The SMILES string of the molecule is CN(C)c1cccc(-c2cnc3cncc(N4CCC(O)CC4)n23)c1. The maximum atomic E-state index is 9.80. The van der Waals surface area contributed by atoms with Gasteiger partial charge in [0.1, 0.15) is 5.82 Å². The van der Waals surface area contributed by atoms with Crippen LogP contribution < -0.4 is 9.80 Å². The van der Waals surface area contributed by atoms with Crippen LogP contribution in [0.3, 0.4) is 0 Å². The van der Waals surface area contributed by atoms with Crippen molar-refractivity contribution >= 4 is 17.2 Å². The molecule has 1 aliphatic heterocycles. The minimum absolute atomic E-state index is 0.192. The number of anilines is 2. The van der Waals surface area contributed by atoms with Crippen LogP contribution in [0.5, 0.6) is 0 Å². The monoisotopic (exact) mass is 337 g/mol. The van der Waals surface area contributed by atoms with Crippen molar-refractivity contribution in [3.05, 3.63) is 42.9 Å². The van der Waals surface area contributed by atoms with Crippen LogP contribution in [-0.2, 0) is 0 Å². The van der Waals surface area contributed by atoms with Crippen molar-refractivity contribution in [2.45, 2.75) is 18.9 Å². The van der Waals surface area contributed by atoms with Gasteiger partial charge in [-0.25, -0.2) is 4.98 Å². The number of hydrogen-bond acceptors (Lipinski definition) is 5. The highest BCUT2D eigenvalue weighted by atomic mass is 16.3. The smallest absolute Gasteiger partial charge is 0.157 e. The van der Waals surface area contributed by atoms with E-state index in [4.69, 9.17) is 0 Å². The molecule has 0 atom stereocenters. The van der Waals surface area contributed by atoms with Crippen molar-refractivity contribution < 1.29 is 5.11 Å². The lowest BCUT2D eigenvalue weighted by molar-refractivity contribution is 0.145. The van der Waals surface area contributed by atoms with Crippen molar-refractivity contribution in [2.75, 3.05) is 37.0 Å². The summed E-state index contributed by atoms with van der Waals surface area (Å²) in [5.41, 5.74) is 4.18. The number of rotatable bonds is 3. The van der Waals surface area contributed by atoms with E-state index in [2.05, 4.69) is 48.4 Å². The van der Waals surface area contributed by atoms with Gasteiger partial charge in [0.05, 0.1) is 30.4 Å². The molecule has 0 amide bonds. The van der Waals surface area contributed by atoms with Crippen LogP contribution in [-0.4, -0.2) is 52.8 Å². The number of fused-ring (bicyclic) bond motifs is 1. The van der Waals surface area contributed by atoms with Crippen molar-refractivity contribution in [1.82, 2.24) is 14.4 Å². The summed E-state index contributed by atoms with van der Waals surface area (Å²) in [7, 11) is 4.09. The zero-order valence-corrected chi connectivity index (χ0v) is 14.6. The summed E-state index contributed by atoms with van der Waals surface area (Å²) in [6.07, 6.45) is 6.98. The van der Waals surface area contributed by atoms with E-state index in [1.165, 1.54) is 0 Å². The number of imidazole rings is 1. The Hall–Kier alpha value is -2.60. The number of aliphatic hydroxyl groups is 1. The molecular formula is C19H23N5O. The fraction of sp³-hybridized carbons (Fsp3) is 0.368. The summed E-state index contributed by atoms with van der Waals surface area (Å²) in [4.78, 5) is 13.3. The molecule has 1 aromatic carbocycles. The number of piperidine rings is 1. The lowest BCUT2D eigenvalue weighted by Crippen LogP contribution is -2.36. The summed E-state index contributed by atoms with van der Waals surface area (Å²) in [6, 6.07) is 8.46. The van der Waals surface area contributed by atoms with Crippen molar-refractivity contribution in [2.24, 2.45) is 0 Å². The van der Waals surface area contributed by atoms with Crippen molar-refractivity contribution in [3.8, 4) is 11.3 Å². The second-order valence-electron chi connectivity index (χ2n) is 6.77. The number of aromatic nitrogens is 3. The molecule has 0 unspecified atom stereocenters. The summed E-state index contributed by atoms with van der Waals surface area (Å²) in [6.45, 7) is 1.66. The maximum Gasteiger partial charge on any atom is 0.157 e. The van der Waals surface area contributed by atoms with Crippen LogP contribution in [0.15, 0.2) is 42.9 Å². The lowest BCUT2D eigenvalue weighted by atomic mass is 10.1. The van der Waals surface area contributed by atoms with Crippen molar-refractivity contribution in [1.29, 1.82) is 0 Å². The van der Waals surface area contributed by atoms with Crippen LogP contribution in [0, 0.1) is 0 Å². The van der Waals surface area contributed by atoms with Gasteiger partial charge in [-0.05, 0) is 25.0 Å². The van der Waals surface area contributed by atoms with E-state index in [1.54, 1.807) is 6.20 Å². The van der Waals surface area contributed by atoms with Crippen LogP contribution in [0.25, 0.3) is 16.9 Å². The molecule has 1 fully saturated rings. The van der Waals surface area contributed by atoms with Gasteiger partial charge in [0.2, 0.25) is 0 Å². The first-order valence-electron chi connectivity index (χ1n) is 8.66. The average molecular weight is 337 g/mol. The van der Waals surface area contributed by atoms with E-state index in [1.807, 2.05) is 26.5 Å². The third-order valence-electron chi connectivity index (χ3n) is 4.85. The third-order valence-corrected chi connectivity index (χ3v) is 4.85. The highest BCUT2D eigenvalue weighted by Crippen LogP contribution is 2.29. The fourth-order valence-corrected chi connectivity index (χ4v) is 3.39. The fourth-order valence-electron chi connectivity index (χ4n) is 3.39. The van der Waals surface area contributed by atoms with Gasteiger partial charge in [0.25, 0.3) is 0 Å². The van der Waals surface area contributed by atoms with E-state index in [0.29, 0.717) is 0 Å². The molecule has 130 valence electrons. The second-order valence-corrected chi connectivity index (χ2v) is 6.77. The molecule has 3 heterocycles. The zero-order chi connectivity index (χ0) is 17.4. The third kappa shape index (κ3) is 2.93. The van der Waals surface area contributed by atoms with E-state index < -0.39 is 0 Å². The second kappa shape index (κ2) is 6.37. The molecule has 1 N–H and O–H groups in total. The zero-order valence-electron chi connectivity index (χ0n) is 14.6. The van der Waals surface area contributed by atoms with Gasteiger partial charge < -0.3 is 14.9 Å². The van der Waals surface area contributed by atoms with E-state index in [-0.39, 0.29) is 6.10 Å². The number of aliphatic hydroxyl groups excluding tert-OH is 1. The molecule has 0 aliphatic carbocycles. The Labute approximate surface area is 147 Å². The van der Waals surface area contributed by atoms with E-state index in [0.717, 1.165) is 54.3 Å². The lowest BCUT2D eigenvalue weighted by Gasteiger charge is -2.31. The summed E-state index contributed by atoms with van der Waals surface area (Å²) < 4.78 is 2.17. The summed E-state index contributed by atoms with van der Waals surface area (Å²) >= 11 is 0. The molecule has 3 aromatic rings. The average Bonchev–Trinajstić information content (AvgIpc) is 3.07. The molecule has 2 aromatic heterocycles. The standard InChI is InChI=1S/C19H23N5O/c1-22(2)15-5-3-4-14(10-15)17-11-21-18-12-20-13-19(24(17)18)23-8-6-16(25)7-9-23/h3-5,10-13,16,25H,6-9H2,1-2H3. The topological polar surface area (TPSA) is 56.9 Å². The first-order chi connectivity index (χ1) is 12.1. The Morgan fingerprint density at radius 2 is 1.92 bits per heavy atom.